The van der Waals surface area contributed by atoms with Crippen molar-refractivity contribution >= 4 is 16.0 Å². The quantitative estimate of drug-likeness (QED) is 0.821. The van der Waals surface area contributed by atoms with Gasteiger partial charge in [0, 0.05) is 12.1 Å². The zero-order valence-electron chi connectivity index (χ0n) is 12.5. The lowest BCUT2D eigenvalue weighted by molar-refractivity contribution is 0.0600. The van der Waals surface area contributed by atoms with Crippen molar-refractivity contribution in [3.63, 3.8) is 0 Å². The summed E-state index contributed by atoms with van der Waals surface area (Å²) in [5.74, 6) is -1.51. The van der Waals surface area contributed by atoms with E-state index in [1.807, 2.05) is 0 Å². The molecule has 0 amide bonds. The number of ether oxygens (including phenoxy) is 1. The summed E-state index contributed by atoms with van der Waals surface area (Å²) >= 11 is 0. The van der Waals surface area contributed by atoms with Gasteiger partial charge in [0.2, 0.25) is 10.0 Å². The van der Waals surface area contributed by atoms with E-state index in [-0.39, 0.29) is 23.4 Å². The molecule has 0 atom stereocenters. The van der Waals surface area contributed by atoms with E-state index in [4.69, 9.17) is 0 Å². The highest BCUT2D eigenvalue weighted by Crippen LogP contribution is 2.12. The van der Waals surface area contributed by atoms with Crippen molar-refractivity contribution in [3.8, 4) is 0 Å². The predicted octanol–water partition coefficient (Wildman–Crippen LogP) is 2.23. The zero-order valence-corrected chi connectivity index (χ0v) is 13.3. The topological polar surface area (TPSA) is 72.5 Å². The Morgan fingerprint density at radius 1 is 1.17 bits per heavy atom. The molecule has 0 aromatic heterocycles. The van der Waals surface area contributed by atoms with Gasteiger partial charge in [-0.2, -0.15) is 0 Å². The second kappa shape index (κ2) is 7.34. The lowest BCUT2D eigenvalue weighted by Gasteiger charge is -2.08. The van der Waals surface area contributed by atoms with E-state index in [2.05, 4.69) is 9.46 Å². The van der Waals surface area contributed by atoms with Crippen LogP contribution in [0, 0.1) is 5.82 Å². The number of benzene rings is 2. The number of sulfonamides is 1. The standard InChI is InChI=1S/C16H16FNO4S/c1-22-16(19)13-7-8-14(15(17)9-13)10-18-23(20,21)11-12-5-3-2-4-6-12/h2-9,18H,10-11H2,1H3. The molecule has 7 heteroatoms. The molecule has 2 aromatic rings. The van der Waals surface area contributed by atoms with Crippen LogP contribution in [0.1, 0.15) is 21.5 Å². The molecular weight excluding hydrogens is 321 g/mol. The summed E-state index contributed by atoms with van der Waals surface area (Å²) in [6.07, 6.45) is 0. The molecule has 0 saturated carbocycles. The third kappa shape index (κ3) is 4.87. The lowest BCUT2D eigenvalue weighted by atomic mass is 10.1. The lowest BCUT2D eigenvalue weighted by Crippen LogP contribution is -2.25. The Bertz CT molecular complexity index is 791. The average molecular weight is 337 g/mol. The van der Waals surface area contributed by atoms with Crippen molar-refractivity contribution in [2.24, 2.45) is 0 Å². The molecule has 0 bridgehead atoms. The van der Waals surface area contributed by atoms with Gasteiger partial charge in [-0.3, -0.25) is 0 Å². The molecule has 0 unspecified atom stereocenters. The van der Waals surface area contributed by atoms with Crippen molar-refractivity contribution < 1.29 is 22.3 Å². The van der Waals surface area contributed by atoms with Crippen molar-refractivity contribution in [3.05, 3.63) is 71.0 Å². The summed E-state index contributed by atoms with van der Waals surface area (Å²) in [5.41, 5.74) is 0.858. The molecule has 5 nitrogen and oxygen atoms in total. The first kappa shape index (κ1) is 17.1. The van der Waals surface area contributed by atoms with E-state index in [0.29, 0.717) is 5.56 Å². The van der Waals surface area contributed by atoms with Crippen LogP contribution in [0.2, 0.25) is 0 Å². The molecule has 0 saturated heterocycles. The maximum atomic E-state index is 13.9. The number of carbonyl (C=O) groups is 1. The summed E-state index contributed by atoms with van der Waals surface area (Å²) in [4.78, 5) is 11.3. The summed E-state index contributed by atoms with van der Waals surface area (Å²) in [6, 6.07) is 12.4. The van der Waals surface area contributed by atoms with Gasteiger partial charge in [-0.15, -0.1) is 0 Å². The number of hydrogen-bond donors (Lipinski definition) is 1. The highest BCUT2D eigenvalue weighted by atomic mass is 32.2. The molecule has 0 heterocycles. The van der Waals surface area contributed by atoms with E-state index in [1.165, 1.54) is 19.2 Å². The number of esters is 1. The number of rotatable bonds is 6. The maximum Gasteiger partial charge on any atom is 0.337 e. The number of methoxy groups -OCH3 is 1. The van der Waals surface area contributed by atoms with E-state index in [0.717, 1.165) is 6.07 Å². The Labute approximate surface area is 134 Å². The average Bonchev–Trinajstić information content (AvgIpc) is 2.53. The second-order valence-corrected chi connectivity index (χ2v) is 6.67. The molecule has 122 valence electrons. The minimum absolute atomic E-state index is 0.0703. The fourth-order valence-electron chi connectivity index (χ4n) is 1.97. The molecule has 2 aromatic carbocycles. The molecule has 0 fully saturated rings. The highest BCUT2D eigenvalue weighted by molar-refractivity contribution is 7.88. The van der Waals surface area contributed by atoms with Crippen LogP contribution in [0.4, 0.5) is 4.39 Å². The smallest absolute Gasteiger partial charge is 0.337 e. The van der Waals surface area contributed by atoms with Crippen molar-refractivity contribution in [2.75, 3.05) is 7.11 Å². The first-order chi connectivity index (χ1) is 10.9. The van der Waals surface area contributed by atoms with Crippen LogP contribution in [0.15, 0.2) is 48.5 Å². The molecular formula is C16H16FNO4S. The van der Waals surface area contributed by atoms with Gasteiger partial charge < -0.3 is 4.74 Å². The van der Waals surface area contributed by atoms with Crippen molar-refractivity contribution in [1.82, 2.24) is 4.72 Å². The van der Waals surface area contributed by atoms with E-state index < -0.39 is 21.8 Å². The minimum atomic E-state index is -3.59. The van der Waals surface area contributed by atoms with Crippen LogP contribution < -0.4 is 4.72 Å². The SMILES string of the molecule is COC(=O)c1ccc(CNS(=O)(=O)Cc2ccccc2)c(F)c1. The fourth-order valence-corrected chi connectivity index (χ4v) is 3.08. The van der Waals surface area contributed by atoms with Gasteiger partial charge in [-0.05, 0) is 17.7 Å². The van der Waals surface area contributed by atoms with Gasteiger partial charge in [0.05, 0.1) is 18.4 Å². The van der Waals surface area contributed by atoms with Crippen LogP contribution >= 0.6 is 0 Å². The Morgan fingerprint density at radius 3 is 2.48 bits per heavy atom. The predicted molar refractivity (Wildman–Crippen MR) is 83.6 cm³/mol. The van der Waals surface area contributed by atoms with Gasteiger partial charge in [-0.25, -0.2) is 22.3 Å². The van der Waals surface area contributed by atoms with Crippen LogP contribution in [0.3, 0.4) is 0 Å². The van der Waals surface area contributed by atoms with Gasteiger partial charge in [-0.1, -0.05) is 36.4 Å². The monoisotopic (exact) mass is 337 g/mol. The van der Waals surface area contributed by atoms with Gasteiger partial charge in [0.25, 0.3) is 0 Å². The van der Waals surface area contributed by atoms with E-state index in [9.17, 15) is 17.6 Å². The largest absolute Gasteiger partial charge is 0.465 e. The Kier molecular flexibility index (Phi) is 5.46. The molecule has 0 aliphatic carbocycles. The molecule has 0 aliphatic rings. The number of halogens is 1. The van der Waals surface area contributed by atoms with Crippen molar-refractivity contribution in [2.45, 2.75) is 12.3 Å². The summed E-state index contributed by atoms with van der Waals surface area (Å²) in [7, 11) is -2.39. The van der Waals surface area contributed by atoms with E-state index >= 15 is 0 Å². The first-order valence-corrected chi connectivity index (χ1v) is 8.44. The summed E-state index contributed by atoms with van der Waals surface area (Å²) in [6.45, 7) is -0.192. The Balaban J connectivity index is 2.04. The molecule has 23 heavy (non-hydrogen) atoms. The van der Waals surface area contributed by atoms with Gasteiger partial charge in [0.15, 0.2) is 0 Å². The minimum Gasteiger partial charge on any atom is -0.465 e. The number of nitrogens with one attached hydrogen (secondary N) is 1. The summed E-state index contributed by atoms with van der Waals surface area (Å²) < 4.78 is 44.7. The Hall–Kier alpha value is -2.25. The zero-order chi connectivity index (χ0) is 16.9. The maximum absolute atomic E-state index is 13.9. The van der Waals surface area contributed by atoms with Gasteiger partial charge >= 0.3 is 5.97 Å². The Morgan fingerprint density at radius 2 is 1.87 bits per heavy atom. The van der Waals surface area contributed by atoms with Crippen LogP contribution in [-0.4, -0.2) is 21.5 Å². The van der Waals surface area contributed by atoms with Crippen LogP contribution in [0.25, 0.3) is 0 Å². The molecule has 0 radical (unpaired) electrons. The molecule has 1 N–H and O–H groups in total. The molecule has 0 aliphatic heterocycles. The third-order valence-corrected chi connectivity index (χ3v) is 4.45. The third-order valence-electron chi connectivity index (χ3n) is 3.16. The molecule has 0 spiro atoms. The van der Waals surface area contributed by atoms with Crippen molar-refractivity contribution in [1.29, 1.82) is 0 Å². The highest BCUT2D eigenvalue weighted by Gasteiger charge is 2.14. The summed E-state index contributed by atoms with van der Waals surface area (Å²) in [5, 5.41) is 0. The fraction of sp³-hybridized carbons (Fsp3) is 0.188. The first-order valence-electron chi connectivity index (χ1n) is 6.79. The molecule has 2 rings (SSSR count). The van der Waals surface area contributed by atoms with Crippen LogP contribution in [0.5, 0.6) is 0 Å². The normalized spacial score (nSPS) is 11.2. The van der Waals surface area contributed by atoms with E-state index in [1.54, 1.807) is 30.3 Å². The van der Waals surface area contributed by atoms with Crippen LogP contribution in [-0.2, 0) is 27.1 Å². The number of carbonyl (C=O) groups excluding carboxylic acids is 1. The number of hydrogen-bond acceptors (Lipinski definition) is 4. The second-order valence-electron chi connectivity index (χ2n) is 4.86. The van der Waals surface area contributed by atoms with Gasteiger partial charge in [0.1, 0.15) is 5.82 Å².